The number of nitrogen functional groups attached to an aromatic ring is 1. The van der Waals surface area contributed by atoms with Crippen molar-refractivity contribution in [3.05, 3.63) is 60.7 Å². The molecular formula is C24H20IN9O6. The Morgan fingerprint density at radius 2 is 1.20 bits per heavy atom. The average molecular weight is 657 g/mol. The number of carbonyl (C=O) groups excluding carboxylic acids is 4. The quantitative estimate of drug-likeness (QED) is 0.145. The third-order valence-electron chi connectivity index (χ3n) is 6.42. The van der Waals surface area contributed by atoms with Gasteiger partial charge in [0.15, 0.2) is 0 Å². The van der Waals surface area contributed by atoms with Gasteiger partial charge < -0.3 is 5.73 Å². The Morgan fingerprint density at radius 1 is 0.725 bits per heavy atom. The standard InChI is InChI=1S/C12H9IN4O3.C12H11N5O3/c2*13-6-2-1-3-7-10(6)12(20)17(16-15-7)8-4-5-9(18)14-11(8)19/h1-3,8H,4-5H2,(H,14,18,19);1-3,8H,4-5,13H2,(H,14,18,19). The Labute approximate surface area is 237 Å². The van der Waals surface area contributed by atoms with Crippen LogP contribution < -0.4 is 27.5 Å². The molecule has 4 aromatic rings. The van der Waals surface area contributed by atoms with E-state index in [9.17, 15) is 28.8 Å². The number of imide groups is 2. The minimum atomic E-state index is -0.836. The van der Waals surface area contributed by atoms with E-state index in [2.05, 4.69) is 31.3 Å². The van der Waals surface area contributed by atoms with Gasteiger partial charge in [0.25, 0.3) is 22.9 Å². The molecule has 40 heavy (non-hydrogen) atoms. The van der Waals surface area contributed by atoms with Gasteiger partial charge in [0, 0.05) is 22.1 Å². The van der Waals surface area contributed by atoms with Crippen LogP contribution in [0.25, 0.3) is 21.8 Å². The topological polar surface area (TPSA) is 214 Å². The Kier molecular flexibility index (Phi) is 7.33. The summed E-state index contributed by atoms with van der Waals surface area (Å²) in [5.74, 6) is -1.75. The van der Waals surface area contributed by atoms with Crippen LogP contribution in [0.1, 0.15) is 37.8 Å². The van der Waals surface area contributed by atoms with Crippen molar-refractivity contribution in [1.82, 2.24) is 40.6 Å². The molecule has 6 rings (SSSR count). The van der Waals surface area contributed by atoms with E-state index >= 15 is 0 Å². The highest BCUT2D eigenvalue weighted by Gasteiger charge is 2.31. The van der Waals surface area contributed by atoms with E-state index < -0.39 is 29.5 Å². The molecule has 0 saturated carbocycles. The predicted molar refractivity (Wildman–Crippen MR) is 148 cm³/mol. The summed E-state index contributed by atoms with van der Waals surface area (Å²) in [6.07, 6.45) is 0.826. The van der Waals surface area contributed by atoms with E-state index in [1.165, 1.54) is 0 Å². The van der Waals surface area contributed by atoms with Crippen LogP contribution in [0.3, 0.4) is 0 Å². The summed E-state index contributed by atoms with van der Waals surface area (Å²) in [6.45, 7) is 0. The van der Waals surface area contributed by atoms with E-state index in [0.29, 0.717) is 16.4 Å². The normalized spacial score (nSPS) is 19.1. The molecule has 2 aromatic carbocycles. The Bertz CT molecular complexity index is 1700. The highest BCUT2D eigenvalue weighted by molar-refractivity contribution is 14.1. The highest BCUT2D eigenvalue weighted by atomic mass is 127. The lowest BCUT2D eigenvalue weighted by Gasteiger charge is -2.21. The molecule has 4 heterocycles. The molecule has 2 fully saturated rings. The molecule has 16 heteroatoms. The number of nitrogens with two attached hydrogens (primary N) is 1. The fourth-order valence-electron chi connectivity index (χ4n) is 4.42. The van der Waals surface area contributed by atoms with E-state index in [4.69, 9.17) is 5.73 Å². The molecule has 2 aliphatic heterocycles. The van der Waals surface area contributed by atoms with Gasteiger partial charge in [-0.05, 0) is 59.7 Å². The van der Waals surface area contributed by atoms with E-state index in [1.807, 2.05) is 22.6 Å². The number of amides is 4. The van der Waals surface area contributed by atoms with E-state index in [1.54, 1.807) is 36.4 Å². The number of hydrogen-bond acceptors (Lipinski definition) is 11. The molecule has 2 saturated heterocycles. The maximum atomic E-state index is 12.5. The molecule has 4 N–H and O–H groups in total. The summed E-state index contributed by atoms with van der Waals surface area (Å²) >= 11 is 2.04. The van der Waals surface area contributed by atoms with Crippen molar-refractivity contribution in [2.24, 2.45) is 0 Å². The Hall–Kier alpha value is -4.61. The van der Waals surface area contributed by atoms with Crippen LogP contribution >= 0.6 is 22.6 Å². The van der Waals surface area contributed by atoms with Crippen LogP contribution in [-0.2, 0) is 19.2 Å². The van der Waals surface area contributed by atoms with Crippen molar-refractivity contribution < 1.29 is 19.2 Å². The van der Waals surface area contributed by atoms with Crippen molar-refractivity contribution in [2.45, 2.75) is 37.8 Å². The van der Waals surface area contributed by atoms with Gasteiger partial charge in [-0.2, -0.15) is 9.36 Å². The van der Waals surface area contributed by atoms with Crippen molar-refractivity contribution >= 4 is 73.7 Å². The SMILES string of the molecule is Nc1cccc2nnn(C3CCC(=O)NC3=O)c(=O)c12.O=C1CCC(n2nnc3cccc(I)c3c2=O)C(=O)N1. The zero-order chi connectivity index (χ0) is 28.6. The van der Waals surface area contributed by atoms with Crippen molar-refractivity contribution in [3.63, 3.8) is 0 Å². The molecule has 4 amide bonds. The zero-order valence-electron chi connectivity index (χ0n) is 20.5. The van der Waals surface area contributed by atoms with E-state index in [0.717, 1.165) is 12.9 Å². The van der Waals surface area contributed by atoms with Gasteiger partial charge in [0.1, 0.15) is 23.1 Å². The average Bonchev–Trinajstić information content (AvgIpc) is 2.91. The maximum Gasteiger partial charge on any atom is 0.280 e. The van der Waals surface area contributed by atoms with Crippen molar-refractivity contribution in [1.29, 1.82) is 0 Å². The molecule has 0 radical (unpaired) electrons. The summed E-state index contributed by atoms with van der Waals surface area (Å²) < 4.78 is 2.80. The minimum Gasteiger partial charge on any atom is -0.398 e. The van der Waals surface area contributed by atoms with E-state index in [-0.39, 0.29) is 54.1 Å². The van der Waals surface area contributed by atoms with Gasteiger partial charge in [-0.25, -0.2) is 0 Å². The van der Waals surface area contributed by atoms with Crippen LogP contribution in [0.5, 0.6) is 0 Å². The summed E-state index contributed by atoms with van der Waals surface area (Å²) in [5.41, 5.74) is 6.07. The van der Waals surface area contributed by atoms with Crippen LogP contribution in [-0.4, -0.2) is 53.6 Å². The number of carbonyl (C=O) groups is 4. The lowest BCUT2D eigenvalue weighted by atomic mass is 10.1. The Morgan fingerprint density at radius 3 is 1.73 bits per heavy atom. The third kappa shape index (κ3) is 5.04. The largest absolute Gasteiger partial charge is 0.398 e. The molecule has 204 valence electrons. The molecule has 0 aliphatic carbocycles. The smallest absolute Gasteiger partial charge is 0.280 e. The first-order valence-electron chi connectivity index (χ1n) is 12.0. The monoisotopic (exact) mass is 657 g/mol. The summed E-state index contributed by atoms with van der Waals surface area (Å²) in [4.78, 5) is 70.7. The molecule has 2 unspecified atom stereocenters. The number of rotatable bonds is 2. The van der Waals surface area contributed by atoms with Gasteiger partial charge in [0.05, 0.1) is 10.8 Å². The van der Waals surface area contributed by atoms with Crippen LogP contribution in [0.4, 0.5) is 5.69 Å². The first-order valence-corrected chi connectivity index (χ1v) is 13.1. The van der Waals surface area contributed by atoms with Crippen molar-refractivity contribution in [3.8, 4) is 0 Å². The number of hydrogen-bond donors (Lipinski definition) is 3. The van der Waals surface area contributed by atoms with Gasteiger partial charge >= 0.3 is 0 Å². The number of nitrogens with zero attached hydrogens (tertiary/aromatic N) is 6. The van der Waals surface area contributed by atoms with Crippen LogP contribution in [0.2, 0.25) is 0 Å². The summed E-state index contributed by atoms with van der Waals surface area (Å²) in [7, 11) is 0. The number of benzene rings is 2. The second-order valence-electron chi connectivity index (χ2n) is 8.99. The van der Waals surface area contributed by atoms with Gasteiger partial charge in [-0.1, -0.05) is 22.6 Å². The minimum absolute atomic E-state index is 0.160. The Balaban J connectivity index is 0.000000161. The molecule has 15 nitrogen and oxygen atoms in total. The number of halogens is 1. The lowest BCUT2D eigenvalue weighted by molar-refractivity contribution is -0.137. The van der Waals surface area contributed by atoms with Gasteiger partial charge in [0.2, 0.25) is 11.8 Å². The number of fused-ring (bicyclic) bond motifs is 2. The molecule has 0 bridgehead atoms. The van der Waals surface area contributed by atoms with Crippen LogP contribution in [0.15, 0.2) is 46.0 Å². The second kappa shape index (κ2) is 10.9. The molecule has 2 atom stereocenters. The molecule has 2 aromatic heterocycles. The summed E-state index contributed by atoms with van der Waals surface area (Å²) in [5, 5.41) is 20.5. The molecular weight excluding hydrogens is 637 g/mol. The van der Waals surface area contributed by atoms with Crippen LogP contribution in [0, 0.1) is 3.57 Å². The van der Waals surface area contributed by atoms with Crippen molar-refractivity contribution in [2.75, 3.05) is 5.73 Å². The second-order valence-corrected chi connectivity index (χ2v) is 10.1. The van der Waals surface area contributed by atoms with Gasteiger partial charge in [-0.3, -0.25) is 39.4 Å². The third-order valence-corrected chi connectivity index (χ3v) is 7.32. The fraction of sp³-hybridized carbons (Fsp3) is 0.250. The van der Waals surface area contributed by atoms with Gasteiger partial charge in [-0.15, -0.1) is 10.2 Å². The zero-order valence-corrected chi connectivity index (χ0v) is 22.7. The first kappa shape index (κ1) is 27.0. The first-order chi connectivity index (χ1) is 19.2. The predicted octanol–water partition coefficient (Wildman–Crippen LogP) is -0.275. The highest BCUT2D eigenvalue weighted by Crippen LogP contribution is 2.20. The maximum absolute atomic E-state index is 12.5. The number of piperidine rings is 2. The number of aromatic nitrogens is 6. The fourth-order valence-corrected chi connectivity index (χ4v) is 5.14. The summed E-state index contributed by atoms with van der Waals surface area (Å²) in [6, 6.07) is 8.53. The molecule has 2 aliphatic rings. The number of anilines is 1. The lowest BCUT2D eigenvalue weighted by Crippen LogP contribution is -2.45. The molecule has 0 spiro atoms. The number of nitrogens with one attached hydrogen (secondary N) is 2.